The monoisotopic (exact) mass is 295 g/mol. The highest BCUT2D eigenvalue weighted by molar-refractivity contribution is 5.74. The van der Waals surface area contributed by atoms with Gasteiger partial charge in [0.25, 0.3) is 0 Å². The average molecular weight is 295 g/mol. The highest BCUT2D eigenvalue weighted by atomic mass is 16.6. The third-order valence-corrected chi connectivity index (χ3v) is 2.94. The molecule has 0 bridgehead atoms. The van der Waals surface area contributed by atoms with Crippen LogP contribution in [0.1, 0.15) is 25.0 Å². The molecule has 0 saturated heterocycles. The number of benzene rings is 1. The van der Waals surface area contributed by atoms with E-state index in [9.17, 15) is 4.79 Å². The number of carbonyl (C=O) groups is 1. The summed E-state index contributed by atoms with van der Waals surface area (Å²) in [5.74, 6) is 0.349. The molecule has 0 amide bonds. The zero-order valence-electron chi connectivity index (χ0n) is 13.3. The van der Waals surface area contributed by atoms with Gasteiger partial charge < -0.3 is 19.5 Å². The van der Waals surface area contributed by atoms with Gasteiger partial charge in [-0.25, -0.2) is 4.79 Å². The van der Waals surface area contributed by atoms with Gasteiger partial charge in [-0.3, -0.25) is 0 Å². The van der Waals surface area contributed by atoms with E-state index in [0.717, 1.165) is 17.7 Å². The van der Waals surface area contributed by atoms with Gasteiger partial charge in [0.05, 0.1) is 13.2 Å². The standard InChI is InChI=1S/C16H25NO4/c1-5-20-16(18)13(3)21-15-7-6-12(2)10-14(15)11-17-8-9-19-4/h6-7,10,13,17H,5,8-9,11H2,1-4H3. The summed E-state index contributed by atoms with van der Waals surface area (Å²) in [5.41, 5.74) is 2.16. The van der Waals surface area contributed by atoms with E-state index < -0.39 is 6.10 Å². The number of nitrogens with one attached hydrogen (secondary N) is 1. The second kappa shape index (κ2) is 9.37. The smallest absolute Gasteiger partial charge is 0.347 e. The van der Waals surface area contributed by atoms with Crippen molar-refractivity contribution in [1.82, 2.24) is 5.32 Å². The van der Waals surface area contributed by atoms with E-state index in [1.807, 2.05) is 25.1 Å². The van der Waals surface area contributed by atoms with Crippen LogP contribution in [0.5, 0.6) is 5.75 Å². The molecule has 0 aliphatic carbocycles. The van der Waals surface area contributed by atoms with Gasteiger partial charge in [0.2, 0.25) is 0 Å². The third-order valence-electron chi connectivity index (χ3n) is 2.94. The summed E-state index contributed by atoms with van der Waals surface area (Å²) in [5, 5.41) is 3.28. The minimum Gasteiger partial charge on any atom is -0.479 e. The Balaban J connectivity index is 2.69. The molecule has 1 rings (SSSR count). The molecule has 0 aliphatic rings. The molecule has 5 heteroatoms. The topological polar surface area (TPSA) is 56.8 Å². The van der Waals surface area contributed by atoms with Crippen molar-refractivity contribution in [2.45, 2.75) is 33.4 Å². The number of carbonyl (C=O) groups excluding carboxylic acids is 1. The Kier molecular flexibility index (Phi) is 7.79. The Morgan fingerprint density at radius 1 is 1.38 bits per heavy atom. The van der Waals surface area contributed by atoms with Gasteiger partial charge in [-0.1, -0.05) is 17.7 Å². The Morgan fingerprint density at radius 3 is 2.81 bits per heavy atom. The zero-order valence-corrected chi connectivity index (χ0v) is 13.3. The van der Waals surface area contributed by atoms with E-state index in [4.69, 9.17) is 14.2 Å². The molecule has 1 atom stereocenters. The fourth-order valence-electron chi connectivity index (χ4n) is 1.86. The van der Waals surface area contributed by atoms with Crippen molar-refractivity contribution >= 4 is 5.97 Å². The van der Waals surface area contributed by atoms with Gasteiger partial charge in [-0.05, 0) is 26.8 Å². The van der Waals surface area contributed by atoms with Crippen molar-refractivity contribution in [3.05, 3.63) is 29.3 Å². The summed E-state index contributed by atoms with van der Waals surface area (Å²) in [4.78, 5) is 11.6. The average Bonchev–Trinajstić information content (AvgIpc) is 2.46. The molecule has 5 nitrogen and oxygen atoms in total. The van der Waals surface area contributed by atoms with Crippen molar-refractivity contribution in [2.75, 3.05) is 26.9 Å². The lowest BCUT2D eigenvalue weighted by molar-refractivity contribution is -0.150. The van der Waals surface area contributed by atoms with E-state index in [1.165, 1.54) is 0 Å². The maximum Gasteiger partial charge on any atom is 0.347 e. The predicted octanol–water partition coefficient (Wildman–Crippen LogP) is 2.06. The maximum absolute atomic E-state index is 11.6. The second-order valence-corrected chi connectivity index (χ2v) is 4.79. The minimum absolute atomic E-state index is 0.351. The van der Waals surface area contributed by atoms with Crippen molar-refractivity contribution in [2.24, 2.45) is 0 Å². The van der Waals surface area contributed by atoms with Gasteiger partial charge in [0.1, 0.15) is 5.75 Å². The fourth-order valence-corrected chi connectivity index (χ4v) is 1.86. The van der Waals surface area contributed by atoms with Gasteiger partial charge in [-0.15, -0.1) is 0 Å². The first-order chi connectivity index (χ1) is 10.1. The van der Waals surface area contributed by atoms with Gasteiger partial charge in [0, 0.05) is 25.8 Å². The molecule has 0 saturated carbocycles. The van der Waals surface area contributed by atoms with Crippen LogP contribution in [0.2, 0.25) is 0 Å². The molecule has 0 aromatic heterocycles. The number of hydrogen-bond acceptors (Lipinski definition) is 5. The van der Waals surface area contributed by atoms with E-state index in [1.54, 1.807) is 21.0 Å². The van der Waals surface area contributed by atoms with E-state index >= 15 is 0 Å². The van der Waals surface area contributed by atoms with Gasteiger partial charge in [0.15, 0.2) is 6.10 Å². The lowest BCUT2D eigenvalue weighted by Crippen LogP contribution is -2.27. The molecule has 0 spiro atoms. The molecular formula is C16H25NO4. The molecule has 0 fully saturated rings. The van der Waals surface area contributed by atoms with Crippen molar-refractivity contribution in [3.63, 3.8) is 0 Å². The predicted molar refractivity (Wildman–Crippen MR) is 81.5 cm³/mol. The lowest BCUT2D eigenvalue weighted by Gasteiger charge is -2.17. The van der Waals surface area contributed by atoms with E-state index in [-0.39, 0.29) is 5.97 Å². The number of aryl methyl sites for hydroxylation is 1. The molecule has 1 N–H and O–H groups in total. The minimum atomic E-state index is -0.620. The van der Waals surface area contributed by atoms with Gasteiger partial charge in [-0.2, -0.15) is 0 Å². The number of hydrogen-bond donors (Lipinski definition) is 1. The lowest BCUT2D eigenvalue weighted by atomic mass is 10.1. The quantitative estimate of drug-likeness (QED) is 0.558. The van der Waals surface area contributed by atoms with Crippen molar-refractivity contribution in [1.29, 1.82) is 0 Å². The van der Waals surface area contributed by atoms with Crippen LogP contribution in [0.4, 0.5) is 0 Å². The summed E-state index contributed by atoms with van der Waals surface area (Å²) in [6, 6.07) is 5.90. The molecule has 1 unspecified atom stereocenters. The van der Waals surface area contributed by atoms with Crippen molar-refractivity contribution < 1.29 is 19.0 Å². The van der Waals surface area contributed by atoms with Crippen LogP contribution in [-0.4, -0.2) is 38.9 Å². The second-order valence-electron chi connectivity index (χ2n) is 4.79. The molecule has 118 valence electrons. The first-order valence-corrected chi connectivity index (χ1v) is 7.21. The molecule has 0 radical (unpaired) electrons. The normalized spacial score (nSPS) is 12.0. The summed E-state index contributed by atoms with van der Waals surface area (Å²) in [6.45, 7) is 7.93. The Bertz CT molecular complexity index is 448. The van der Waals surface area contributed by atoms with E-state index in [0.29, 0.717) is 25.5 Å². The molecule has 21 heavy (non-hydrogen) atoms. The van der Waals surface area contributed by atoms with Crippen LogP contribution in [0, 0.1) is 6.92 Å². The Morgan fingerprint density at radius 2 is 2.14 bits per heavy atom. The van der Waals surface area contributed by atoms with Crippen LogP contribution in [0.3, 0.4) is 0 Å². The van der Waals surface area contributed by atoms with Gasteiger partial charge >= 0.3 is 5.97 Å². The van der Waals surface area contributed by atoms with Crippen LogP contribution in [0.25, 0.3) is 0 Å². The number of methoxy groups -OCH3 is 1. The number of ether oxygens (including phenoxy) is 3. The van der Waals surface area contributed by atoms with Crippen LogP contribution < -0.4 is 10.1 Å². The zero-order chi connectivity index (χ0) is 15.7. The summed E-state index contributed by atoms with van der Waals surface area (Å²) < 4.78 is 15.7. The molecule has 1 aromatic carbocycles. The van der Waals surface area contributed by atoms with Crippen LogP contribution >= 0.6 is 0 Å². The number of rotatable bonds is 9. The summed E-state index contributed by atoms with van der Waals surface area (Å²) in [7, 11) is 1.67. The maximum atomic E-state index is 11.6. The number of esters is 1. The molecule has 0 aliphatic heterocycles. The SMILES string of the molecule is CCOC(=O)C(C)Oc1ccc(C)cc1CNCCOC. The Labute approximate surface area is 126 Å². The fraction of sp³-hybridized carbons (Fsp3) is 0.562. The largest absolute Gasteiger partial charge is 0.479 e. The Hall–Kier alpha value is -1.59. The first-order valence-electron chi connectivity index (χ1n) is 7.21. The first kappa shape index (κ1) is 17.5. The van der Waals surface area contributed by atoms with Crippen LogP contribution in [-0.2, 0) is 20.8 Å². The molecule has 1 aromatic rings. The van der Waals surface area contributed by atoms with E-state index in [2.05, 4.69) is 5.32 Å². The van der Waals surface area contributed by atoms with Crippen LogP contribution in [0.15, 0.2) is 18.2 Å². The third kappa shape index (κ3) is 6.14. The highest BCUT2D eigenvalue weighted by Crippen LogP contribution is 2.21. The molecule has 0 heterocycles. The summed E-state index contributed by atoms with van der Waals surface area (Å²) >= 11 is 0. The van der Waals surface area contributed by atoms with Crippen molar-refractivity contribution in [3.8, 4) is 5.75 Å². The molecular weight excluding hydrogens is 270 g/mol. The summed E-state index contributed by atoms with van der Waals surface area (Å²) in [6.07, 6.45) is -0.620. The highest BCUT2D eigenvalue weighted by Gasteiger charge is 2.17.